The first-order chi connectivity index (χ1) is 14.6. The van der Waals surface area contributed by atoms with Gasteiger partial charge in [-0.05, 0) is 36.2 Å². The second-order valence-corrected chi connectivity index (χ2v) is 7.41. The predicted octanol–water partition coefficient (Wildman–Crippen LogP) is 3.05. The van der Waals surface area contributed by atoms with Crippen molar-refractivity contribution in [3.05, 3.63) is 65.7 Å². The van der Waals surface area contributed by atoms with E-state index in [0.29, 0.717) is 12.0 Å². The van der Waals surface area contributed by atoms with Crippen LogP contribution in [-0.2, 0) is 22.1 Å². The fraction of sp³-hybridized carbons (Fsp3) is 0.391. The summed E-state index contributed by atoms with van der Waals surface area (Å²) in [5.74, 6) is -5.21. The molecule has 0 aromatic heterocycles. The average Bonchev–Trinajstić information content (AvgIpc) is 2.77. The topological polar surface area (TPSA) is 70.1 Å². The van der Waals surface area contributed by atoms with Gasteiger partial charge in [-0.15, -0.1) is 0 Å². The molecule has 0 bridgehead atoms. The monoisotopic (exact) mass is 434 g/mol. The summed E-state index contributed by atoms with van der Waals surface area (Å²) in [6.07, 6.45) is -0.574. The maximum atomic E-state index is 15.0. The van der Waals surface area contributed by atoms with Crippen LogP contribution in [0.5, 0.6) is 5.75 Å². The standard InChI is InChI=1S/C23H28F2N2O4/c1-4-19(28)15-27(14-17-8-6-5-7-9-17)22(30)23(24,25)18-10-12-20(13-11-18)31-16-21(29)26(2)3/h5-13,19,28H,4,14-16H2,1-3H3. The third-order valence-corrected chi connectivity index (χ3v) is 4.75. The fourth-order valence-corrected chi connectivity index (χ4v) is 2.76. The van der Waals surface area contributed by atoms with Crippen molar-refractivity contribution in [3.63, 3.8) is 0 Å². The van der Waals surface area contributed by atoms with Gasteiger partial charge < -0.3 is 19.6 Å². The summed E-state index contributed by atoms with van der Waals surface area (Å²) in [7, 11) is 3.16. The SMILES string of the molecule is CCC(O)CN(Cc1ccccc1)C(=O)C(F)(F)c1ccc(OCC(=O)N(C)C)cc1. The summed E-state index contributed by atoms with van der Waals surface area (Å²) in [6, 6.07) is 13.6. The van der Waals surface area contributed by atoms with Gasteiger partial charge in [-0.1, -0.05) is 37.3 Å². The normalized spacial score (nSPS) is 12.2. The molecule has 0 radical (unpaired) electrons. The van der Waals surface area contributed by atoms with E-state index in [1.165, 1.54) is 17.0 Å². The molecule has 0 heterocycles. The Morgan fingerprint density at radius 1 is 1.06 bits per heavy atom. The van der Waals surface area contributed by atoms with Crippen LogP contribution < -0.4 is 4.74 Å². The zero-order valence-electron chi connectivity index (χ0n) is 17.9. The Balaban J connectivity index is 2.17. The molecule has 0 aliphatic heterocycles. The van der Waals surface area contributed by atoms with E-state index in [1.807, 2.05) is 0 Å². The van der Waals surface area contributed by atoms with Crippen LogP contribution in [0.3, 0.4) is 0 Å². The minimum absolute atomic E-state index is 0.0415. The molecule has 31 heavy (non-hydrogen) atoms. The molecule has 0 aliphatic rings. The van der Waals surface area contributed by atoms with Crippen LogP contribution in [0.15, 0.2) is 54.6 Å². The third-order valence-electron chi connectivity index (χ3n) is 4.75. The van der Waals surface area contributed by atoms with Gasteiger partial charge in [0.1, 0.15) is 5.75 Å². The van der Waals surface area contributed by atoms with Crippen molar-refractivity contribution in [1.29, 1.82) is 0 Å². The smallest absolute Gasteiger partial charge is 0.349 e. The number of carbonyl (C=O) groups is 2. The number of benzene rings is 2. The number of amides is 2. The zero-order valence-corrected chi connectivity index (χ0v) is 17.9. The molecule has 8 heteroatoms. The molecule has 0 aliphatic carbocycles. The lowest BCUT2D eigenvalue weighted by Crippen LogP contribution is -2.44. The van der Waals surface area contributed by atoms with Crippen molar-refractivity contribution in [2.45, 2.75) is 31.9 Å². The quantitative estimate of drug-likeness (QED) is 0.624. The van der Waals surface area contributed by atoms with Gasteiger partial charge in [-0.25, -0.2) is 0 Å². The van der Waals surface area contributed by atoms with Gasteiger partial charge in [-0.3, -0.25) is 9.59 Å². The van der Waals surface area contributed by atoms with Gasteiger partial charge in [0.2, 0.25) is 0 Å². The third kappa shape index (κ3) is 6.75. The Morgan fingerprint density at radius 3 is 2.23 bits per heavy atom. The molecule has 6 nitrogen and oxygen atoms in total. The Labute approximate surface area is 181 Å². The van der Waals surface area contributed by atoms with E-state index < -0.39 is 23.5 Å². The van der Waals surface area contributed by atoms with Gasteiger partial charge in [0.25, 0.3) is 11.8 Å². The van der Waals surface area contributed by atoms with Gasteiger partial charge >= 0.3 is 5.92 Å². The molecule has 2 aromatic rings. The van der Waals surface area contributed by atoms with Crippen LogP contribution in [0.2, 0.25) is 0 Å². The molecule has 0 saturated heterocycles. The molecule has 1 atom stereocenters. The lowest BCUT2D eigenvalue weighted by molar-refractivity contribution is -0.161. The minimum atomic E-state index is -3.79. The fourth-order valence-electron chi connectivity index (χ4n) is 2.76. The summed E-state index contributed by atoms with van der Waals surface area (Å²) in [6.45, 7) is 1.25. The molecule has 0 saturated carbocycles. The lowest BCUT2D eigenvalue weighted by Gasteiger charge is -2.29. The highest BCUT2D eigenvalue weighted by Gasteiger charge is 2.44. The average molecular weight is 434 g/mol. The van der Waals surface area contributed by atoms with E-state index >= 15 is 8.78 Å². The summed E-state index contributed by atoms with van der Waals surface area (Å²) in [4.78, 5) is 26.7. The number of hydrogen-bond acceptors (Lipinski definition) is 4. The number of rotatable bonds is 10. The number of aliphatic hydroxyl groups excluding tert-OH is 1. The molecule has 0 fully saturated rings. The minimum Gasteiger partial charge on any atom is -0.484 e. The first kappa shape index (κ1) is 24.3. The summed E-state index contributed by atoms with van der Waals surface area (Å²) >= 11 is 0. The number of hydrogen-bond donors (Lipinski definition) is 1. The second kappa shape index (κ2) is 10.9. The largest absolute Gasteiger partial charge is 0.484 e. The van der Waals surface area contributed by atoms with Crippen LogP contribution in [0, 0.1) is 0 Å². The molecule has 2 rings (SSSR count). The Hall–Kier alpha value is -3.00. The van der Waals surface area contributed by atoms with E-state index in [1.54, 1.807) is 51.4 Å². The number of alkyl halides is 2. The highest BCUT2D eigenvalue weighted by atomic mass is 19.3. The molecule has 2 aromatic carbocycles. The van der Waals surface area contributed by atoms with E-state index in [0.717, 1.165) is 17.0 Å². The Morgan fingerprint density at radius 2 is 1.68 bits per heavy atom. The number of ether oxygens (including phenoxy) is 1. The summed E-state index contributed by atoms with van der Waals surface area (Å²) in [5.41, 5.74) is 0.192. The van der Waals surface area contributed by atoms with Gasteiger partial charge in [0.05, 0.1) is 6.10 Å². The highest BCUT2D eigenvalue weighted by molar-refractivity contribution is 5.85. The van der Waals surface area contributed by atoms with E-state index in [2.05, 4.69) is 0 Å². The molecular weight excluding hydrogens is 406 g/mol. The highest BCUT2D eigenvalue weighted by Crippen LogP contribution is 2.32. The van der Waals surface area contributed by atoms with Crippen molar-refractivity contribution in [2.24, 2.45) is 0 Å². The van der Waals surface area contributed by atoms with Gasteiger partial charge in [-0.2, -0.15) is 8.78 Å². The zero-order chi connectivity index (χ0) is 23.0. The van der Waals surface area contributed by atoms with Gasteiger partial charge in [0.15, 0.2) is 6.61 Å². The van der Waals surface area contributed by atoms with Crippen molar-refractivity contribution in [2.75, 3.05) is 27.2 Å². The van der Waals surface area contributed by atoms with Crippen LogP contribution in [0.25, 0.3) is 0 Å². The maximum Gasteiger partial charge on any atom is 0.349 e. The van der Waals surface area contributed by atoms with Gasteiger partial charge in [0, 0.05) is 32.7 Å². The number of aliphatic hydroxyl groups is 1. The number of nitrogens with zero attached hydrogens (tertiary/aromatic N) is 2. The van der Waals surface area contributed by atoms with E-state index in [-0.39, 0.29) is 31.4 Å². The maximum absolute atomic E-state index is 15.0. The molecule has 168 valence electrons. The van der Waals surface area contributed by atoms with Crippen molar-refractivity contribution in [3.8, 4) is 5.75 Å². The first-order valence-corrected chi connectivity index (χ1v) is 9.97. The van der Waals surface area contributed by atoms with Crippen LogP contribution in [0.1, 0.15) is 24.5 Å². The molecule has 2 amide bonds. The molecular formula is C23H28F2N2O4. The van der Waals surface area contributed by atoms with Crippen molar-refractivity contribution < 1.29 is 28.2 Å². The predicted molar refractivity (Wildman–Crippen MR) is 113 cm³/mol. The number of likely N-dealkylation sites (N-methyl/N-ethyl adjacent to an activating group) is 1. The number of carbonyl (C=O) groups excluding carboxylic acids is 2. The lowest BCUT2D eigenvalue weighted by atomic mass is 10.1. The number of halogens is 2. The van der Waals surface area contributed by atoms with Crippen LogP contribution in [0.4, 0.5) is 8.78 Å². The van der Waals surface area contributed by atoms with Crippen LogP contribution in [-0.4, -0.2) is 60.1 Å². The van der Waals surface area contributed by atoms with E-state index in [9.17, 15) is 14.7 Å². The summed E-state index contributed by atoms with van der Waals surface area (Å²) in [5, 5.41) is 9.98. The first-order valence-electron chi connectivity index (χ1n) is 9.97. The molecule has 1 unspecified atom stereocenters. The van der Waals surface area contributed by atoms with Crippen molar-refractivity contribution >= 4 is 11.8 Å². The Kier molecular flexibility index (Phi) is 8.50. The second-order valence-electron chi connectivity index (χ2n) is 7.41. The summed E-state index contributed by atoms with van der Waals surface area (Å²) < 4.78 is 35.4. The van der Waals surface area contributed by atoms with E-state index in [4.69, 9.17) is 4.74 Å². The Bertz CT molecular complexity index is 858. The molecule has 1 N–H and O–H groups in total. The van der Waals surface area contributed by atoms with Crippen molar-refractivity contribution in [1.82, 2.24) is 9.80 Å². The van der Waals surface area contributed by atoms with Crippen LogP contribution >= 0.6 is 0 Å². The molecule has 0 spiro atoms.